The second-order valence-electron chi connectivity index (χ2n) is 3.62. The van der Waals surface area contributed by atoms with Crippen LogP contribution < -0.4 is 4.90 Å². The SMILES string of the molecule is CC(=Cc1cccc(N(C)C)c1)C(=O)O. The standard InChI is InChI=1S/C12H15NO2/c1-9(12(14)15)7-10-5-4-6-11(8-10)13(2)3/h4-8H,1-3H3,(H,14,15). The Balaban J connectivity index is 3.01. The molecule has 0 bridgehead atoms. The maximum Gasteiger partial charge on any atom is 0.331 e. The molecule has 0 atom stereocenters. The van der Waals surface area contributed by atoms with Crippen LogP contribution in [0.1, 0.15) is 12.5 Å². The molecule has 1 aromatic carbocycles. The molecule has 0 spiro atoms. The van der Waals surface area contributed by atoms with Crippen LogP contribution in [0.4, 0.5) is 5.69 Å². The molecule has 0 saturated heterocycles. The van der Waals surface area contributed by atoms with E-state index in [1.54, 1.807) is 13.0 Å². The summed E-state index contributed by atoms with van der Waals surface area (Å²) in [5, 5.41) is 8.74. The van der Waals surface area contributed by atoms with Crippen LogP contribution in [0, 0.1) is 0 Å². The molecule has 3 heteroatoms. The largest absolute Gasteiger partial charge is 0.478 e. The summed E-state index contributed by atoms with van der Waals surface area (Å²) in [5.41, 5.74) is 2.30. The van der Waals surface area contributed by atoms with E-state index in [1.165, 1.54) is 0 Å². The summed E-state index contributed by atoms with van der Waals surface area (Å²) in [6.45, 7) is 1.59. The van der Waals surface area contributed by atoms with Gasteiger partial charge in [-0.05, 0) is 30.7 Å². The summed E-state index contributed by atoms with van der Waals surface area (Å²) in [6, 6.07) is 7.73. The molecule has 15 heavy (non-hydrogen) atoms. The fourth-order valence-electron chi connectivity index (χ4n) is 1.20. The third-order valence-electron chi connectivity index (χ3n) is 2.11. The zero-order chi connectivity index (χ0) is 11.4. The number of carboxylic acid groups (broad SMARTS) is 1. The van der Waals surface area contributed by atoms with Gasteiger partial charge in [-0.1, -0.05) is 12.1 Å². The lowest BCUT2D eigenvalue weighted by atomic mass is 10.1. The van der Waals surface area contributed by atoms with E-state index in [0.29, 0.717) is 5.57 Å². The fourth-order valence-corrected chi connectivity index (χ4v) is 1.20. The molecule has 0 aromatic heterocycles. The minimum absolute atomic E-state index is 0.339. The average Bonchev–Trinajstić information content (AvgIpc) is 2.18. The molecule has 0 amide bonds. The summed E-state index contributed by atoms with van der Waals surface area (Å²) in [5.74, 6) is -0.884. The highest BCUT2D eigenvalue weighted by atomic mass is 16.4. The number of anilines is 1. The van der Waals surface area contributed by atoms with Crippen LogP contribution in [0.3, 0.4) is 0 Å². The van der Waals surface area contributed by atoms with E-state index in [0.717, 1.165) is 11.3 Å². The lowest BCUT2D eigenvalue weighted by molar-refractivity contribution is -0.132. The summed E-state index contributed by atoms with van der Waals surface area (Å²) >= 11 is 0. The smallest absolute Gasteiger partial charge is 0.331 e. The van der Waals surface area contributed by atoms with Gasteiger partial charge in [0.05, 0.1) is 0 Å². The fraction of sp³-hybridized carbons (Fsp3) is 0.250. The molecule has 0 radical (unpaired) electrons. The van der Waals surface area contributed by atoms with Crippen molar-refractivity contribution in [2.24, 2.45) is 0 Å². The number of hydrogen-bond donors (Lipinski definition) is 1. The third-order valence-corrected chi connectivity index (χ3v) is 2.11. The first kappa shape index (κ1) is 11.3. The zero-order valence-corrected chi connectivity index (χ0v) is 9.19. The Hall–Kier alpha value is -1.77. The van der Waals surface area contributed by atoms with Gasteiger partial charge in [0.2, 0.25) is 0 Å². The molecule has 1 aromatic rings. The normalized spacial score (nSPS) is 11.3. The van der Waals surface area contributed by atoms with E-state index < -0.39 is 5.97 Å². The molecule has 0 aliphatic rings. The number of benzene rings is 1. The van der Waals surface area contributed by atoms with E-state index >= 15 is 0 Å². The minimum atomic E-state index is -0.884. The quantitative estimate of drug-likeness (QED) is 0.769. The minimum Gasteiger partial charge on any atom is -0.478 e. The van der Waals surface area contributed by atoms with Gasteiger partial charge in [-0.3, -0.25) is 0 Å². The summed E-state index contributed by atoms with van der Waals surface area (Å²) < 4.78 is 0. The number of hydrogen-bond acceptors (Lipinski definition) is 2. The van der Waals surface area contributed by atoms with E-state index in [-0.39, 0.29) is 0 Å². The number of nitrogens with zero attached hydrogens (tertiary/aromatic N) is 1. The van der Waals surface area contributed by atoms with Crippen LogP contribution in [-0.4, -0.2) is 25.2 Å². The van der Waals surface area contributed by atoms with Crippen molar-refractivity contribution in [1.82, 2.24) is 0 Å². The van der Waals surface area contributed by atoms with E-state index in [4.69, 9.17) is 5.11 Å². The Morgan fingerprint density at radius 1 is 1.40 bits per heavy atom. The molecule has 0 aliphatic carbocycles. The lowest BCUT2D eigenvalue weighted by Gasteiger charge is -2.12. The third kappa shape index (κ3) is 3.13. The molecule has 0 aliphatic heterocycles. The van der Waals surface area contributed by atoms with Crippen LogP contribution in [0.25, 0.3) is 6.08 Å². The molecule has 0 unspecified atom stereocenters. The Bertz CT molecular complexity index is 394. The second-order valence-corrected chi connectivity index (χ2v) is 3.62. The van der Waals surface area contributed by atoms with E-state index in [9.17, 15) is 4.79 Å². The van der Waals surface area contributed by atoms with Gasteiger partial charge in [-0.15, -0.1) is 0 Å². The Morgan fingerprint density at radius 2 is 2.07 bits per heavy atom. The van der Waals surface area contributed by atoms with Gasteiger partial charge in [0.15, 0.2) is 0 Å². The van der Waals surface area contributed by atoms with Gasteiger partial charge in [0, 0.05) is 25.4 Å². The molecule has 0 heterocycles. The highest BCUT2D eigenvalue weighted by Gasteiger charge is 2.00. The molecule has 3 nitrogen and oxygen atoms in total. The Kier molecular flexibility index (Phi) is 3.50. The number of carboxylic acids is 1. The molecule has 1 rings (SSSR count). The van der Waals surface area contributed by atoms with Crippen molar-refractivity contribution in [3.05, 3.63) is 35.4 Å². The van der Waals surface area contributed by atoms with Crippen molar-refractivity contribution in [2.75, 3.05) is 19.0 Å². The van der Waals surface area contributed by atoms with Crippen LogP contribution in [0.5, 0.6) is 0 Å². The maximum atomic E-state index is 10.6. The van der Waals surface area contributed by atoms with Gasteiger partial charge >= 0.3 is 5.97 Å². The van der Waals surface area contributed by atoms with Crippen LogP contribution >= 0.6 is 0 Å². The molecule has 0 saturated carbocycles. The summed E-state index contributed by atoms with van der Waals surface area (Å²) in [7, 11) is 3.90. The Labute approximate surface area is 89.6 Å². The maximum absolute atomic E-state index is 10.6. The van der Waals surface area contributed by atoms with Crippen LogP contribution in [0.15, 0.2) is 29.8 Å². The Morgan fingerprint density at radius 3 is 2.60 bits per heavy atom. The van der Waals surface area contributed by atoms with Gasteiger partial charge < -0.3 is 10.0 Å². The predicted molar refractivity (Wildman–Crippen MR) is 62.1 cm³/mol. The molecular formula is C12H15NO2. The second kappa shape index (κ2) is 4.64. The first-order chi connectivity index (χ1) is 7.00. The first-order valence-corrected chi connectivity index (χ1v) is 4.69. The van der Waals surface area contributed by atoms with Crippen molar-refractivity contribution >= 4 is 17.7 Å². The molecule has 0 fully saturated rings. The van der Waals surface area contributed by atoms with Gasteiger partial charge in [-0.2, -0.15) is 0 Å². The molecule has 80 valence electrons. The van der Waals surface area contributed by atoms with Crippen molar-refractivity contribution in [2.45, 2.75) is 6.92 Å². The number of aliphatic carboxylic acids is 1. The van der Waals surface area contributed by atoms with E-state index in [1.807, 2.05) is 43.3 Å². The van der Waals surface area contributed by atoms with Gasteiger partial charge in [0.1, 0.15) is 0 Å². The summed E-state index contributed by atoms with van der Waals surface area (Å²) in [4.78, 5) is 12.6. The number of carbonyl (C=O) groups is 1. The van der Waals surface area contributed by atoms with Crippen molar-refractivity contribution in [3.8, 4) is 0 Å². The van der Waals surface area contributed by atoms with Crippen molar-refractivity contribution in [3.63, 3.8) is 0 Å². The van der Waals surface area contributed by atoms with Crippen molar-refractivity contribution < 1.29 is 9.90 Å². The first-order valence-electron chi connectivity index (χ1n) is 4.69. The van der Waals surface area contributed by atoms with Crippen LogP contribution in [0.2, 0.25) is 0 Å². The highest BCUT2D eigenvalue weighted by Crippen LogP contribution is 2.15. The lowest BCUT2D eigenvalue weighted by Crippen LogP contribution is -2.08. The zero-order valence-electron chi connectivity index (χ0n) is 9.19. The predicted octanol–water partition coefficient (Wildman–Crippen LogP) is 2.24. The average molecular weight is 205 g/mol. The van der Waals surface area contributed by atoms with Gasteiger partial charge in [-0.25, -0.2) is 4.79 Å². The van der Waals surface area contributed by atoms with Gasteiger partial charge in [0.25, 0.3) is 0 Å². The topological polar surface area (TPSA) is 40.5 Å². The highest BCUT2D eigenvalue weighted by molar-refractivity contribution is 5.91. The monoisotopic (exact) mass is 205 g/mol. The van der Waals surface area contributed by atoms with Crippen molar-refractivity contribution in [1.29, 1.82) is 0 Å². The molecular weight excluding hydrogens is 190 g/mol. The van der Waals surface area contributed by atoms with Crippen LogP contribution in [-0.2, 0) is 4.79 Å². The molecule has 1 N–H and O–H groups in total. The van der Waals surface area contributed by atoms with E-state index in [2.05, 4.69) is 0 Å². The summed E-state index contributed by atoms with van der Waals surface area (Å²) in [6.07, 6.45) is 1.66. The number of rotatable bonds is 3.